The molecule has 4 rings (SSSR count). The summed E-state index contributed by atoms with van der Waals surface area (Å²) >= 11 is 0. The summed E-state index contributed by atoms with van der Waals surface area (Å²) in [6, 6.07) is 12.2. The summed E-state index contributed by atoms with van der Waals surface area (Å²) in [5.74, 6) is 1.02. The van der Waals surface area contributed by atoms with Crippen molar-refractivity contribution in [2.45, 2.75) is 19.3 Å². The number of pyridine rings is 1. The molecular formula is C22H24FN5O. The summed E-state index contributed by atoms with van der Waals surface area (Å²) in [7, 11) is 0. The monoisotopic (exact) mass is 393 g/mol. The van der Waals surface area contributed by atoms with Crippen molar-refractivity contribution in [3.05, 3.63) is 66.2 Å². The molecule has 7 heteroatoms. The molecule has 0 radical (unpaired) electrons. The number of aromatic nitrogens is 3. The first-order valence-corrected chi connectivity index (χ1v) is 9.89. The van der Waals surface area contributed by atoms with Gasteiger partial charge in [-0.1, -0.05) is 12.1 Å². The molecule has 1 aromatic carbocycles. The Morgan fingerprint density at radius 3 is 2.72 bits per heavy atom. The van der Waals surface area contributed by atoms with Gasteiger partial charge in [-0.15, -0.1) is 0 Å². The number of rotatable bonds is 6. The summed E-state index contributed by atoms with van der Waals surface area (Å²) in [5.41, 5.74) is 2.74. The van der Waals surface area contributed by atoms with Crippen molar-refractivity contribution >= 4 is 11.7 Å². The van der Waals surface area contributed by atoms with Crippen LogP contribution in [0.5, 0.6) is 0 Å². The Bertz CT molecular complexity index is 951. The molecule has 2 aromatic heterocycles. The van der Waals surface area contributed by atoms with Crippen LogP contribution in [0.15, 0.2) is 54.9 Å². The van der Waals surface area contributed by atoms with E-state index >= 15 is 0 Å². The minimum atomic E-state index is -0.312. The van der Waals surface area contributed by atoms with Crippen molar-refractivity contribution < 1.29 is 9.18 Å². The molecule has 3 aromatic rings. The fourth-order valence-electron chi connectivity index (χ4n) is 3.67. The zero-order chi connectivity index (χ0) is 20.1. The number of nitrogens with zero attached hydrogens (tertiary/aromatic N) is 3. The van der Waals surface area contributed by atoms with Crippen LogP contribution >= 0.6 is 0 Å². The second-order valence-corrected chi connectivity index (χ2v) is 7.42. The molecule has 0 atom stereocenters. The van der Waals surface area contributed by atoms with Crippen LogP contribution in [-0.2, 0) is 11.2 Å². The SMILES string of the molecule is O=C(Cc1cccc(F)c1)NCC1CCN(c2cc(-c3ccncc3)[nH]n2)CC1. The van der Waals surface area contributed by atoms with Crippen LogP contribution in [0, 0.1) is 11.7 Å². The highest BCUT2D eigenvalue weighted by Crippen LogP contribution is 2.25. The Balaban J connectivity index is 1.23. The number of H-pyrrole nitrogens is 1. The molecule has 0 bridgehead atoms. The first-order valence-electron chi connectivity index (χ1n) is 9.89. The lowest BCUT2D eigenvalue weighted by atomic mass is 9.96. The fourth-order valence-corrected chi connectivity index (χ4v) is 3.67. The Kier molecular flexibility index (Phi) is 5.84. The van der Waals surface area contributed by atoms with Gasteiger partial charge in [0.15, 0.2) is 5.82 Å². The number of anilines is 1. The average Bonchev–Trinajstić information content (AvgIpc) is 3.24. The van der Waals surface area contributed by atoms with E-state index < -0.39 is 0 Å². The quantitative estimate of drug-likeness (QED) is 0.675. The van der Waals surface area contributed by atoms with Gasteiger partial charge in [0.05, 0.1) is 12.1 Å². The van der Waals surface area contributed by atoms with Crippen LogP contribution in [0.1, 0.15) is 18.4 Å². The first-order chi connectivity index (χ1) is 14.2. The number of carbonyl (C=O) groups excluding carboxylic acids is 1. The number of nitrogens with one attached hydrogen (secondary N) is 2. The van der Waals surface area contributed by atoms with E-state index in [4.69, 9.17) is 0 Å². The third-order valence-corrected chi connectivity index (χ3v) is 5.34. The van der Waals surface area contributed by atoms with Gasteiger partial charge < -0.3 is 10.2 Å². The molecule has 2 N–H and O–H groups in total. The van der Waals surface area contributed by atoms with Gasteiger partial charge in [-0.3, -0.25) is 14.9 Å². The molecule has 1 saturated heterocycles. The number of carbonyl (C=O) groups is 1. The zero-order valence-corrected chi connectivity index (χ0v) is 16.1. The lowest BCUT2D eigenvalue weighted by Crippen LogP contribution is -2.39. The number of piperidine rings is 1. The summed E-state index contributed by atoms with van der Waals surface area (Å²) in [4.78, 5) is 18.4. The van der Waals surface area contributed by atoms with Gasteiger partial charge in [0.2, 0.25) is 5.91 Å². The van der Waals surface area contributed by atoms with Crippen molar-refractivity contribution in [1.82, 2.24) is 20.5 Å². The molecular weight excluding hydrogens is 369 g/mol. The summed E-state index contributed by atoms with van der Waals surface area (Å²) in [6.45, 7) is 2.47. The number of hydrogen-bond acceptors (Lipinski definition) is 4. The van der Waals surface area contributed by atoms with Gasteiger partial charge in [-0.2, -0.15) is 5.10 Å². The van der Waals surface area contributed by atoms with Gasteiger partial charge in [0, 0.05) is 43.7 Å². The number of hydrogen-bond donors (Lipinski definition) is 2. The number of aromatic amines is 1. The molecule has 3 heterocycles. The van der Waals surface area contributed by atoms with E-state index in [0.717, 1.165) is 43.0 Å². The Hall–Kier alpha value is -3.22. The van der Waals surface area contributed by atoms with Crippen LogP contribution in [-0.4, -0.2) is 40.7 Å². The third-order valence-electron chi connectivity index (χ3n) is 5.34. The fraction of sp³-hybridized carbons (Fsp3) is 0.318. The number of benzene rings is 1. The molecule has 1 aliphatic heterocycles. The summed E-state index contributed by atoms with van der Waals surface area (Å²) < 4.78 is 13.2. The van der Waals surface area contributed by atoms with Crippen molar-refractivity contribution in [2.24, 2.45) is 5.92 Å². The van der Waals surface area contributed by atoms with Gasteiger partial charge in [0.1, 0.15) is 5.82 Å². The Morgan fingerprint density at radius 1 is 1.17 bits per heavy atom. The molecule has 1 aliphatic rings. The number of halogens is 1. The largest absolute Gasteiger partial charge is 0.356 e. The van der Waals surface area contributed by atoms with Crippen LogP contribution in [0.3, 0.4) is 0 Å². The smallest absolute Gasteiger partial charge is 0.224 e. The molecule has 0 saturated carbocycles. The first kappa shape index (κ1) is 19.1. The van der Waals surface area contributed by atoms with Crippen LogP contribution in [0.2, 0.25) is 0 Å². The highest BCUT2D eigenvalue weighted by Gasteiger charge is 2.21. The topological polar surface area (TPSA) is 73.9 Å². The third kappa shape index (κ3) is 4.99. The second kappa shape index (κ2) is 8.86. The Morgan fingerprint density at radius 2 is 1.97 bits per heavy atom. The molecule has 0 unspecified atom stereocenters. The highest BCUT2D eigenvalue weighted by molar-refractivity contribution is 5.78. The van der Waals surface area contributed by atoms with E-state index in [0.29, 0.717) is 18.0 Å². The lowest BCUT2D eigenvalue weighted by molar-refractivity contribution is -0.120. The van der Waals surface area contributed by atoms with Crippen LogP contribution in [0.4, 0.5) is 10.2 Å². The normalized spacial score (nSPS) is 14.7. The van der Waals surface area contributed by atoms with E-state index in [1.165, 1.54) is 12.1 Å². The molecule has 0 aliphatic carbocycles. The van der Waals surface area contributed by atoms with Crippen molar-refractivity contribution in [3.8, 4) is 11.3 Å². The van der Waals surface area contributed by atoms with Gasteiger partial charge >= 0.3 is 0 Å². The van der Waals surface area contributed by atoms with Gasteiger partial charge in [-0.05, 0) is 48.6 Å². The molecule has 0 spiro atoms. The van der Waals surface area contributed by atoms with Crippen molar-refractivity contribution in [1.29, 1.82) is 0 Å². The van der Waals surface area contributed by atoms with E-state index in [2.05, 4.69) is 31.5 Å². The minimum absolute atomic E-state index is 0.0627. The summed E-state index contributed by atoms with van der Waals surface area (Å²) in [6.07, 6.45) is 5.74. The van der Waals surface area contributed by atoms with Crippen LogP contribution < -0.4 is 10.2 Å². The summed E-state index contributed by atoms with van der Waals surface area (Å²) in [5, 5.41) is 10.5. The molecule has 29 heavy (non-hydrogen) atoms. The molecule has 6 nitrogen and oxygen atoms in total. The minimum Gasteiger partial charge on any atom is -0.356 e. The van der Waals surface area contributed by atoms with E-state index in [-0.39, 0.29) is 18.1 Å². The van der Waals surface area contributed by atoms with E-state index in [1.54, 1.807) is 24.5 Å². The van der Waals surface area contributed by atoms with E-state index in [1.807, 2.05) is 12.1 Å². The van der Waals surface area contributed by atoms with Crippen molar-refractivity contribution in [3.63, 3.8) is 0 Å². The maximum atomic E-state index is 13.2. The maximum Gasteiger partial charge on any atom is 0.224 e. The molecule has 1 amide bonds. The predicted octanol–water partition coefficient (Wildman–Crippen LogP) is 3.19. The van der Waals surface area contributed by atoms with E-state index in [9.17, 15) is 9.18 Å². The predicted molar refractivity (Wildman–Crippen MR) is 110 cm³/mol. The van der Waals surface area contributed by atoms with Crippen molar-refractivity contribution in [2.75, 3.05) is 24.5 Å². The zero-order valence-electron chi connectivity index (χ0n) is 16.1. The standard InChI is InChI=1S/C22H24FN5O/c23-19-3-1-2-17(12-19)13-22(29)25-15-16-6-10-28(11-7-16)21-14-20(26-27-21)18-4-8-24-9-5-18/h1-5,8-9,12,14,16H,6-7,10-11,13,15H2,(H,25,29)(H,26,27). The maximum absolute atomic E-state index is 13.2. The van der Waals surface area contributed by atoms with Crippen LogP contribution in [0.25, 0.3) is 11.3 Å². The molecule has 150 valence electrons. The average molecular weight is 393 g/mol. The Labute approximate surface area is 169 Å². The highest BCUT2D eigenvalue weighted by atomic mass is 19.1. The second-order valence-electron chi connectivity index (χ2n) is 7.42. The lowest BCUT2D eigenvalue weighted by Gasteiger charge is -2.32. The molecule has 1 fully saturated rings. The van der Waals surface area contributed by atoms with Gasteiger partial charge in [-0.25, -0.2) is 4.39 Å². The van der Waals surface area contributed by atoms with Gasteiger partial charge in [0.25, 0.3) is 0 Å². The number of amides is 1.